The SMILES string of the molecule is COc1cc(/C=N/NC(=O)Cc2ccccc2[N+](=O)[O-])cc(Cl)c1OC(C)C. The lowest BCUT2D eigenvalue weighted by Crippen LogP contribution is -2.20. The van der Waals surface area contributed by atoms with E-state index < -0.39 is 10.8 Å². The number of carbonyl (C=O) groups excluding carboxylic acids is 1. The molecule has 2 aromatic carbocycles. The van der Waals surface area contributed by atoms with E-state index in [-0.39, 0.29) is 18.2 Å². The van der Waals surface area contributed by atoms with Gasteiger partial charge in [-0.05, 0) is 31.5 Å². The van der Waals surface area contributed by atoms with E-state index in [2.05, 4.69) is 10.5 Å². The van der Waals surface area contributed by atoms with Crippen molar-refractivity contribution in [2.24, 2.45) is 5.10 Å². The Labute approximate surface area is 167 Å². The number of carbonyl (C=O) groups is 1. The van der Waals surface area contributed by atoms with E-state index in [0.717, 1.165) is 0 Å². The van der Waals surface area contributed by atoms with E-state index in [9.17, 15) is 14.9 Å². The first-order valence-corrected chi connectivity index (χ1v) is 8.78. The van der Waals surface area contributed by atoms with Crippen LogP contribution < -0.4 is 14.9 Å². The van der Waals surface area contributed by atoms with Gasteiger partial charge in [0.1, 0.15) is 0 Å². The molecule has 0 heterocycles. The molecule has 28 heavy (non-hydrogen) atoms. The molecule has 0 atom stereocenters. The first-order valence-electron chi connectivity index (χ1n) is 8.40. The maximum Gasteiger partial charge on any atom is 0.273 e. The molecular formula is C19H20ClN3O5. The van der Waals surface area contributed by atoms with Crippen molar-refractivity contribution in [2.45, 2.75) is 26.4 Å². The molecule has 148 valence electrons. The second-order valence-electron chi connectivity index (χ2n) is 6.06. The maximum atomic E-state index is 12.0. The second kappa shape index (κ2) is 9.70. The van der Waals surface area contributed by atoms with Crippen LogP contribution in [0.5, 0.6) is 11.5 Å². The number of nitro groups is 1. The van der Waals surface area contributed by atoms with Gasteiger partial charge < -0.3 is 9.47 Å². The molecule has 0 aliphatic rings. The van der Waals surface area contributed by atoms with Crippen LogP contribution in [0.15, 0.2) is 41.5 Å². The third-order valence-electron chi connectivity index (χ3n) is 3.55. The van der Waals surface area contributed by atoms with Crippen molar-refractivity contribution in [3.63, 3.8) is 0 Å². The van der Waals surface area contributed by atoms with Crippen molar-refractivity contribution in [1.29, 1.82) is 0 Å². The second-order valence-corrected chi connectivity index (χ2v) is 6.46. The number of hydrogen-bond donors (Lipinski definition) is 1. The molecule has 1 N–H and O–H groups in total. The molecule has 0 aromatic heterocycles. The first kappa shape index (κ1) is 21.2. The number of benzene rings is 2. The number of rotatable bonds is 8. The van der Waals surface area contributed by atoms with Crippen LogP contribution in [0.25, 0.3) is 0 Å². The number of nitrogens with one attached hydrogen (secondary N) is 1. The fraction of sp³-hybridized carbons (Fsp3) is 0.263. The van der Waals surface area contributed by atoms with Gasteiger partial charge in [0, 0.05) is 11.6 Å². The van der Waals surface area contributed by atoms with Gasteiger partial charge in [-0.3, -0.25) is 14.9 Å². The quantitative estimate of drug-likeness (QED) is 0.409. The monoisotopic (exact) mass is 405 g/mol. The number of hydrazone groups is 1. The van der Waals surface area contributed by atoms with Crippen LogP contribution in [0.3, 0.4) is 0 Å². The Kier molecular flexibility index (Phi) is 7.34. The lowest BCUT2D eigenvalue weighted by molar-refractivity contribution is -0.385. The molecule has 0 bridgehead atoms. The predicted molar refractivity (Wildman–Crippen MR) is 106 cm³/mol. The van der Waals surface area contributed by atoms with E-state index in [1.807, 2.05) is 13.8 Å². The highest BCUT2D eigenvalue weighted by atomic mass is 35.5. The number of hydrogen-bond acceptors (Lipinski definition) is 6. The topological polar surface area (TPSA) is 103 Å². The van der Waals surface area contributed by atoms with E-state index in [4.69, 9.17) is 21.1 Å². The van der Waals surface area contributed by atoms with E-state index in [0.29, 0.717) is 27.6 Å². The lowest BCUT2D eigenvalue weighted by atomic mass is 10.1. The summed E-state index contributed by atoms with van der Waals surface area (Å²) in [6, 6.07) is 9.34. The van der Waals surface area contributed by atoms with Crippen molar-refractivity contribution in [2.75, 3.05) is 7.11 Å². The summed E-state index contributed by atoms with van der Waals surface area (Å²) in [4.78, 5) is 22.5. The van der Waals surface area contributed by atoms with Crippen LogP contribution in [-0.4, -0.2) is 30.3 Å². The number of methoxy groups -OCH3 is 1. The fourth-order valence-electron chi connectivity index (χ4n) is 2.39. The average molecular weight is 406 g/mol. The van der Waals surface area contributed by atoms with Gasteiger partial charge in [0.25, 0.3) is 5.69 Å². The zero-order valence-electron chi connectivity index (χ0n) is 15.6. The molecule has 1 amide bonds. The summed E-state index contributed by atoms with van der Waals surface area (Å²) in [5, 5.41) is 15.2. The minimum Gasteiger partial charge on any atom is -0.493 e. The summed E-state index contributed by atoms with van der Waals surface area (Å²) in [6.07, 6.45) is 1.15. The Morgan fingerprint density at radius 1 is 1.36 bits per heavy atom. The summed E-state index contributed by atoms with van der Waals surface area (Å²) >= 11 is 6.24. The number of halogens is 1. The molecule has 0 aliphatic carbocycles. The van der Waals surface area contributed by atoms with Crippen molar-refractivity contribution in [3.05, 3.63) is 62.7 Å². The van der Waals surface area contributed by atoms with Crippen molar-refractivity contribution in [3.8, 4) is 11.5 Å². The molecule has 0 saturated carbocycles. The first-order chi connectivity index (χ1) is 13.3. The van der Waals surface area contributed by atoms with E-state index in [1.165, 1.54) is 25.5 Å². The molecule has 9 heteroatoms. The summed E-state index contributed by atoms with van der Waals surface area (Å²) in [5.41, 5.74) is 3.12. The van der Waals surface area contributed by atoms with Crippen molar-refractivity contribution in [1.82, 2.24) is 5.43 Å². The Morgan fingerprint density at radius 2 is 2.07 bits per heavy atom. The Balaban J connectivity index is 2.07. The normalized spacial score (nSPS) is 10.9. The molecule has 0 spiro atoms. The number of ether oxygens (including phenoxy) is 2. The number of nitro benzene ring substituents is 1. The van der Waals surface area contributed by atoms with Crippen LogP contribution >= 0.6 is 11.6 Å². The zero-order chi connectivity index (χ0) is 20.7. The van der Waals surface area contributed by atoms with Crippen molar-refractivity contribution >= 4 is 29.4 Å². The van der Waals surface area contributed by atoms with Gasteiger partial charge in [-0.1, -0.05) is 29.8 Å². The Bertz CT molecular complexity index is 899. The summed E-state index contributed by atoms with van der Waals surface area (Å²) in [5.74, 6) is 0.383. The smallest absolute Gasteiger partial charge is 0.273 e. The molecule has 0 aliphatic heterocycles. The average Bonchev–Trinajstić information content (AvgIpc) is 2.63. The molecule has 0 radical (unpaired) electrons. The zero-order valence-corrected chi connectivity index (χ0v) is 16.4. The molecule has 8 nitrogen and oxygen atoms in total. The number of amides is 1. The van der Waals surface area contributed by atoms with Crippen LogP contribution in [0.1, 0.15) is 25.0 Å². The van der Waals surface area contributed by atoms with Gasteiger partial charge >= 0.3 is 0 Å². The van der Waals surface area contributed by atoms with Crippen LogP contribution in [0.4, 0.5) is 5.69 Å². The highest BCUT2D eigenvalue weighted by Gasteiger charge is 2.15. The highest BCUT2D eigenvalue weighted by molar-refractivity contribution is 6.32. The molecule has 2 rings (SSSR count). The molecule has 0 saturated heterocycles. The Hall–Kier alpha value is -3.13. The minimum absolute atomic E-state index is 0.0766. The van der Waals surface area contributed by atoms with Gasteiger partial charge in [-0.15, -0.1) is 0 Å². The number of para-hydroxylation sites is 1. The fourth-order valence-corrected chi connectivity index (χ4v) is 2.66. The standard InChI is InChI=1S/C19H20ClN3O5/c1-12(2)28-19-15(20)8-13(9-17(19)27-3)11-21-22-18(24)10-14-6-4-5-7-16(14)23(25)26/h4-9,11-12H,10H2,1-3H3,(H,22,24)/b21-11+. The van der Waals surface area contributed by atoms with Gasteiger partial charge in [-0.2, -0.15) is 5.10 Å². The third-order valence-corrected chi connectivity index (χ3v) is 3.83. The largest absolute Gasteiger partial charge is 0.493 e. The molecular weight excluding hydrogens is 386 g/mol. The van der Waals surface area contributed by atoms with Gasteiger partial charge in [0.05, 0.1) is 35.8 Å². The minimum atomic E-state index is -0.527. The van der Waals surface area contributed by atoms with Crippen LogP contribution in [0.2, 0.25) is 5.02 Å². The Morgan fingerprint density at radius 3 is 2.71 bits per heavy atom. The summed E-state index contributed by atoms with van der Waals surface area (Å²) in [7, 11) is 1.49. The van der Waals surface area contributed by atoms with E-state index in [1.54, 1.807) is 24.3 Å². The van der Waals surface area contributed by atoms with Crippen LogP contribution in [0, 0.1) is 10.1 Å². The lowest BCUT2D eigenvalue weighted by Gasteiger charge is -2.15. The van der Waals surface area contributed by atoms with E-state index >= 15 is 0 Å². The van der Waals surface area contributed by atoms with Crippen LogP contribution in [-0.2, 0) is 11.2 Å². The highest BCUT2D eigenvalue weighted by Crippen LogP contribution is 2.36. The number of nitrogens with zero attached hydrogens (tertiary/aromatic N) is 2. The predicted octanol–water partition coefficient (Wildman–Crippen LogP) is 3.74. The molecule has 2 aromatic rings. The van der Waals surface area contributed by atoms with Gasteiger partial charge in [0.2, 0.25) is 5.91 Å². The molecule has 0 unspecified atom stereocenters. The third kappa shape index (κ3) is 5.68. The van der Waals surface area contributed by atoms with Crippen molar-refractivity contribution < 1.29 is 19.2 Å². The summed E-state index contributed by atoms with van der Waals surface area (Å²) in [6.45, 7) is 3.75. The maximum absolute atomic E-state index is 12.0. The van der Waals surface area contributed by atoms with Gasteiger partial charge in [0.15, 0.2) is 11.5 Å². The molecule has 0 fully saturated rings. The van der Waals surface area contributed by atoms with Gasteiger partial charge in [-0.25, -0.2) is 5.43 Å². The summed E-state index contributed by atoms with van der Waals surface area (Å²) < 4.78 is 10.9.